The zero-order chi connectivity index (χ0) is 15.8. The number of aromatic nitrogens is 3. The molecule has 0 amide bonds. The number of halogens is 1. The molecule has 114 valence electrons. The van der Waals surface area contributed by atoms with Crippen molar-refractivity contribution >= 4 is 11.6 Å². The lowest BCUT2D eigenvalue weighted by molar-refractivity contribution is 0.593. The number of anilines is 1. The van der Waals surface area contributed by atoms with E-state index >= 15 is 0 Å². The summed E-state index contributed by atoms with van der Waals surface area (Å²) in [5.41, 5.74) is 4.05. The highest BCUT2D eigenvalue weighted by atomic mass is 19.1. The third kappa shape index (κ3) is 2.50. The van der Waals surface area contributed by atoms with Gasteiger partial charge >= 0.3 is 0 Å². The molecule has 0 spiro atoms. The van der Waals surface area contributed by atoms with E-state index in [9.17, 15) is 4.39 Å². The summed E-state index contributed by atoms with van der Waals surface area (Å²) in [5, 5.41) is 7.55. The van der Waals surface area contributed by atoms with E-state index in [0.717, 1.165) is 16.8 Å². The predicted octanol–water partition coefficient (Wildman–Crippen LogP) is 3.78. The Hall–Kier alpha value is -2.95. The summed E-state index contributed by atoms with van der Waals surface area (Å²) in [6.45, 7) is 2.05. The van der Waals surface area contributed by atoms with E-state index in [4.69, 9.17) is 0 Å². The number of nitrogens with zero attached hydrogens (tertiary/aromatic N) is 3. The maximum atomic E-state index is 13.6. The fourth-order valence-electron chi connectivity index (χ4n) is 2.76. The summed E-state index contributed by atoms with van der Waals surface area (Å²) in [5.74, 6) is 0.394. The Labute approximate surface area is 133 Å². The van der Waals surface area contributed by atoms with Gasteiger partial charge in [-0.3, -0.25) is 0 Å². The SMILES string of the molecule is Cc1ccc(C2=C[C@H](c3cccc(F)c3)n3ncnc3N2)cc1. The van der Waals surface area contributed by atoms with E-state index in [2.05, 4.69) is 46.6 Å². The number of fused-ring (bicyclic) bond motifs is 1. The number of allylic oxidation sites excluding steroid dienone is 1. The molecule has 1 atom stereocenters. The Morgan fingerprint density at radius 1 is 1.13 bits per heavy atom. The van der Waals surface area contributed by atoms with Crippen LogP contribution >= 0.6 is 0 Å². The van der Waals surface area contributed by atoms with Crippen molar-refractivity contribution in [3.8, 4) is 0 Å². The molecule has 1 aromatic heterocycles. The van der Waals surface area contributed by atoms with Crippen molar-refractivity contribution in [2.24, 2.45) is 0 Å². The van der Waals surface area contributed by atoms with Gasteiger partial charge in [0.25, 0.3) is 0 Å². The Morgan fingerprint density at radius 2 is 1.96 bits per heavy atom. The second-order valence-electron chi connectivity index (χ2n) is 5.60. The molecule has 2 aromatic carbocycles. The van der Waals surface area contributed by atoms with Gasteiger partial charge in [-0.05, 0) is 36.3 Å². The first-order valence-electron chi connectivity index (χ1n) is 7.41. The first-order chi connectivity index (χ1) is 11.2. The van der Waals surface area contributed by atoms with Crippen molar-refractivity contribution in [2.75, 3.05) is 5.32 Å². The molecule has 23 heavy (non-hydrogen) atoms. The average molecular weight is 306 g/mol. The summed E-state index contributed by atoms with van der Waals surface area (Å²) < 4.78 is 15.4. The van der Waals surface area contributed by atoms with E-state index in [1.54, 1.807) is 10.7 Å². The Kier molecular flexibility index (Phi) is 3.19. The highest BCUT2D eigenvalue weighted by Gasteiger charge is 2.23. The van der Waals surface area contributed by atoms with Crippen LogP contribution in [0, 0.1) is 12.7 Å². The molecule has 4 nitrogen and oxygen atoms in total. The van der Waals surface area contributed by atoms with Gasteiger partial charge in [0.1, 0.15) is 18.2 Å². The standard InChI is InChI=1S/C18H15FN4/c1-12-5-7-13(8-6-12)16-10-17(14-3-2-4-15(19)9-14)23-18(22-16)20-11-21-23/h2-11,17H,1H3,(H,20,21,22)/t17-/m1/s1. The van der Waals surface area contributed by atoms with Crippen molar-refractivity contribution in [3.05, 3.63) is 83.4 Å². The number of hydrogen-bond donors (Lipinski definition) is 1. The molecule has 2 heterocycles. The molecule has 1 aliphatic heterocycles. The molecule has 4 rings (SSSR count). The molecule has 0 saturated carbocycles. The molecule has 0 bridgehead atoms. The molecular weight excluding hydrogens is 291 g/mol. The topological polar surface area (TPSA) is 42.7 Å². The summed E-state index contributed by atoms with van der Waals surface area (Å²) in [4.78, 5) is 4.25. The van der Waals surface area contributed by atoms with Crippen LogP contribution in [0.5, 0.6) is 0 Å². The number of nitrogens with one attached hydrogen (secondary N) is 1. The van der Waals surface area contributed by atoms with Crippen molar-refractivity contribution in [3.63, 3.8) is 0 Å². The monoisotopic (exact) mass is 306 g/mol. The van der Waals surface area contributed by atoms with Crippen LogP contribution in [0.1, 0.15) is 22.7 Å². The summed E-state index contributed by atoms with van der Waals surface area (Å²) in [6.07, 6.45) is 3.54. The van der Waals surface area contributed by atoms with Gasteiger partial charge in [0.05, 0.1) is 0 Å². The minimum absolute atomic E-state index is 0.194. The highest BCUT2D eigenvalue weighted by molar-refractivity contribution is 5.77. The fourth-order valence-corrected chi connectivity index (χ4v) is 2.76. The van der Waals surface area contributed by atoms with Crippen LogP contribution in [0.25, 0.3) is 5.70 Å². The van der Waals surface area contributed by atoms with E-state index in [-0.39, 0.29) is 11.9 Å². The predicted molar refractivity (Wildman–Crippen MR) is 87.3 cm³/mol. The van der Waals surface area contributed by atoms with Crippen molar-refractivity contribution < 1.29 is 4.39 Å². The lowest BCUT2D eigenvalue weighted by atomic mass is 10.0. The summed E-state index contributed by atoms with van der Waals surface area (Å²) in [6, 6.07) is 14.6. The Morgan fingerprint density at radius 3 is 2.74 bits per heavy atom. The smallest absolute Gasteiger partial charge is 0.226 e. The zero-order valence-corrected chi connectivity index (χ0v) is 12.6. The second-order valence-corrected chi connectivity index (χ2v) is 5.60. The summed E-state index contributed by atoms with van der Waals surface area (Å²) in [7, 11) is 0. The molecule has 0 fully saturated rings. The number of benzene rings is 2. The van der Waals surface area contributed by atoms with E-state index in [1.165, 1.54) is 24.0 Å². The number of rotatable bonds is 2. The van der Waals surface area contributed by atoms with Crippen LogP contribution < -0.4 is 5.32 Å². The molecule has 0 unspecified atom stereocenters. The number of hydrogen-bond acceptors (Lipinski definition) is 3. The Balaban J connectivity index is 1.81. The summed E-state index contributed by atoms with van der Waals surface area (Å²) >= 11 is 0. The molecule has 1 aliphatic rings. The van der Waals surface area contributed by atoms with Crippen molar-refractivity contribution in [1.82, 2.24) is 14.8 Å². The van der Waals surface area contributed by atoms with Gasteiger partial charge in [0.15, 0.2) is 0 Å². The van der Waals surface area contributed by atoms with Crippen LogP contribution in [0.2, 0.25) is 0 Å². The van der Waals surface area contributed by atoms with Crippen molar-refractivity contribution in [1.29, 1.82) is 0 Å². The van der Waals surface area contributed by atoms with Gasteiger partial charge in [-0.2, -0.15) is 10.1 Å². The molecule has 0 saturated heterocycles. The van der Waals surface area contributed by atoms with Gasteiger partial charge < -0.3 is 5.32 Å². The van der Waals surface area contributed by atoms with E-state index in [1.807, 2.05) is 12.1 Å². The lowest BCUT2D eigenvalue weighted by Gasteiger charge is -2.24. The van der Waals surface area contributed by atoms with Gasteiger partial charge in [-0.1, -0.05) is 42.0 Å². The van der Waals surface area contributed by atoms with Gasteiger partial charge in [-0.15, -0.1) is 0 Å². The second kappa shape index (κ2) is 5.35. The van der Waals surface area contributed by atoms with Gasteiger partial charge in [0.2, 0.25) is 5.95 Å². The largest absolute Gasteiger partial charge is 0.324 e. The first kappa shape index (κ1) is 13.7. The number of aryl methyl sites for hydroxylation is 1. The van der Waals surface area contributed by atoms with Crippen molar-refractivity contribution in [2.45, 2.75) is 13.0 Å². The first-order valence-corrected chi connectivity index (χ1v) is 7.41. The van der Waals surface area contributed by atoms with Crippen LogP contribution in [-0.4, -0.2) is 14.8 Å². The lowest BCUT2D eigenvalue weighted by Crippen LogP contribution is -2.20. The molecule has 1 N–H and O–H groups in total. The molecule has 5 heteroatoms. The van der Waals surface area contributed by atoms with Crippen LogP contribution in [0.3, 0.4) is 0 Å². The maximum absolute atomic E-state index is 13.6. The molecule has 3 aromatic rings. The van der Waals surface area contributed by atoms with Crippen LogP contribution in [0.15, 0.2) is 60.9 Å². The fraction of sp³-hybridized carbons (Fsp3) is 0.111. The average Bonchev–Trinajstić information content (AvgIpc) is 3.03. The Bertz CT molecular complexity index is 880. The van der Waals surface area contributed by atoms with Crippen LogP contribution in [-0.2, 0) is 0 Å². The van der Waals surface area contributed by atoms with E-state index < -0.39 is 0 Å². The molecular formula is C18H15FN4. The van der Waals surface area contributed by atoms with E-state index in [0.29, 0.717) is 5.95 Å². The minimum atomic E-state index is -0.256. The van der Waals surface area contributed by atoms with Gasteiger partial charge in [-0.25, -0.2) is 9.07 Å². The quantitative estimate of drug-likeness (QED) is 0.783. The van der Waals surface area contributed by atoms with Gasteiger partial charge in [0, 0.05) is 5.70 Å². The highest BCUT2D eigenvalue weighted by Crippen LogP contribution is 2.32. The third-order valence-corrected chi connectivity index (χ3v) is 3.96. The normalized spacial score (nSPS) is 16.4. The minimum Gasteiger partial charge on any atom is -0.324 e. The molecule has 0 radical (unpaired) electrons. The third-order valence-electron chi connectivity index (χ3n) is 3.96. The molecule has 0 aliphatic carbocycles. The van der Waals surface area contributed by atoms with Crippen LogP contribution in [0.4, 0.5) is 10.3 Å². The maximum Gasteiger partial charge on any atom is 0.226 e. The zero-order valence-electron chi connectivity index (χ0n) is 12.6.